The van der Waals surface area contributed by atoms with Gasteiger partial charge in [-0.25, -0.2) is 0 Å². The molecule has 0 amide bonds. The Morgan fingerprint density at radius 3 is 2.27 bits per heavy atom. The maximum Gasteiger partial charge on any atom is 0.421 e. The van der Waals surface area contributed by atoms with Crippen molar-refractivity contribution in [2.24, 2.45) is 0 Å². The first-order valence-corrected chi connectivity index (χ1v) is 4.00. The summed E-state index contributed by atoms with van der Waals surface area (Å²) in [5, 5.41) is -0.680. The molecule has 0 saturated carbocycles. The van der Waals surface area contributed by atoms with Gasteiger partial charge in [-0.3, -0.25) is 0 Å². The molecule has 0 spiro atoms. The predicted octanol–water partition coefficient (Wildman–Crippen LogP) is 3.96. The fraction of sp³-hybridized carbons (Fsp3) is 0.250. The molecular weight excluding hydrogens is 243 g/mol. The van der Waals surface area contributed by atoms with Crippen molar-refractivity contribution in [3.05, 3.63) is 28.8 Å². The summed E-state index contributed by atoms with van der Waals surface area (Å²) in [6, 6.07) is 2.82. The van der Waals surface area contributed by atoms with E-state index in [1.165, 1.54) is 0 Å². The van der Waals surface area contributed by atoms with Crippen LogP contribution in [0, 0.1) is 0 Å². The SMILES string of the molecule is FC(F)Oc1cccc(Cl)c1C(F)(F)F. The molecule has 84 valence electrons. The van der Waals surface area contributed by atoms with Crippen LogP contribution in [-0.4, -0.2) is 6.61 Å². The van der Waals surface area contributed by atoms with Crippen LogP contribution in [0.4, 0.5) is 22.0 Å². The Morgan fingerprint density at radius 1 is 1.20 bits per heavy atom. The van der Waals surface area contributed by atoms with Crippen molar-refractivity contribution < 1.29 is 26.7 Å². The normalized spacial score (nSPS) is 11.9. The van der Waals surface area contributed by atoms with Gasteiger partial charge in [0.25, 0.3) is 0 Å². The van der Waals surface area contributed by atoms with Gasteiger partial charge in [0.05, 0.1) is 5.02 Å². The number of benzene rings is 1. The molecule has 1 rings (SSSR count). The van der Waals surface area contributed by atoms with Crippen molar-refractivity contribution in [1.82, 2.24) is 0 Å². The first-order valence-electron chi connectivity index (χ1n) is 3.63. The highest BCUT2D eigenvalue weighted by molar-refractivity contribution is 6.31. The third kappa shape index (κ3) is 2.95. The molecule has 1 aromatic carbocycles. The lowest BCUT2D eigenvalue weighted by molar-refractivity contribution is -0.141. The quantitative estimate of drug-likeness (QED) is 0.718. The lowest BCUT2D eigenvalue weighted by Crippen LogP contribution is -2.12. The van der Waals surface area contributed by atoms with E-state index in [9.17, 15) is 22.0 Å². The Bertz CT molecular complexity index is 349. The van der Waals surface area contributed by atoms with Crippen LogP contribution in [0.3, 0.4) is 0 Å². The van der Waals surface area contributed by atoms with Crippen molar-refractivity contribution in [2.45, 2.75) is 12.8 Å². The summed E-state index contributed by atoms with van der Waals surface area (Å²) in [7, 11) is 0. The van der Waals surface area contributed by atoms with Crippen molar-refractivity contribution in [1.29, 1.82) is 0 Å². The van der Waals surface area contributed by atoms with Crippen LogP contribution in [-0.2, 0) is 6.18 Å². The zero-order valence-corrected chi connectivity index (χ0v) is 7.74. The van der Waals surface area contributed by atoms with E-state index in [4.69, 9.17) is 11.6 Å². The summed E-state index contributed by atoms with van der Waals surface area (Å²) < 4.78 is 64.3. The Kier molecular flexibility index (Phi) is 3.38. The van der Waals surface area contributed by atoms with E-state index in [0.717, 1.165) is 18.2 Å². The molecule has 0 N–H and O–H groups in total. The van der Waals surface area contributed by atoms with Gasteiger partial charge in [-0.05, 0) is 12.1 Å². The molecule has 0 unspecified atom stereocenters. The van der Waals surface area contributed by atoms with Gasteiger partial charge in [0, 0.05) is 0 Å². The Morgan fingerprint density at radius 2 is 1.80 bits per heavy atom. The topological polar surface area (TPSA) is 9.23 Å². The summed E-state index contributed by atoms with van der Waals surface area (Å²) in [5.74, 6) is -0.981. The molecule has 0 bridgehead atoms. The molecule has 0 aliphatic carbocycles. The smallest absolute Gasteiger partial charge is 0.421 e. The number of halogens is 6. The average molecular weight is 247 g/mol. The third-order valence-corrected chi connectivity index (χ3v) is 1.79. The van der Waals surface area contributed by atoms with Crippen LogP contribution in [0.15, 0.2) is 18.2 Å². The monoisotopic (exact) mass is 246 g/mol. The predicted molar refractivity (Wildman–Crippen MR) is 43.1 cm³/mol. The highest BCUT2D eigenvalue weighted by atomic mass is 35.5. The van der Waals surface area contributed by atoms with Crippen LogP contribution >= 0.6 is 11.6 Å². The van der Waals surface area contributed by atoms with Gasteiger partial charge in [-0.15, -0.1) is 0 Å². The molecule has 0 radical (unpaired) electrons. The molecule has 1 aromatic rings. The van der Waals surface area contributed by atoms with E-state index in [2.05, 4.69) is 4.74 Å². The van der Waals surface area contributed by atoms with Gasteiger partial charge in [-0.1, -0.05) is 17.7 Å². The molecule has 0 aromatic heterocycles. The lowest BCUT2D eigenvalue weighted by atomic mass is 10.2. The number of alkyl halides is 5. The number of rotatable bonds is 2. The summed E-state index contributed by atoms with van der Waals surface area (Å²) >= 11 is 5.25. The van der Waals surface area contributed by atoms with Crippen molar-refractivity contribution in [3.8, 4) is 5.75 Å². The van der Waals surface area contributed by atoms with Gasteiger partial charge in [-0.2, -0.15) is 22.0 Å². The van der Waals surface area contributed by atoms with E-state index < -0.39 is 29.1 Å². The second-order valence-corrected chi connectivity index (χ2v) is 2.90. The second kappa shape index (κ2) is 4.22. The Balaban J connectivity index is 3.21. The van der Waals surface area contributed by atoms with Crippen LogP contribution < -0.4 is 4.74 Å². The maximum absolute atomic E-state index is 12.4. The van der Waals surface area contributed by atoms with Crippen molar-refractivity contribution in [3.63, 3.8) is 0 Å². The molecule has 0 saturated heterocycles. The average Bonchev–Trinajstić information content (AvgIpc) is 1.99. The van der Waals surface area contributed by atoms with E-state index in [1.807, 2.05) is 0 Å². The molecular formula is C8H4ClF5O. The maximum atomic E-state index is 12.4. The molecule has 0 atom stereocenters. The second-order valence-electron chi connectivity index (χ2n) is 2.49. The largest absolute Gasteiger partial charge is 0.434 e. The van der Waals surface area contributed by atoms with Crippen molar-refractivity contribution >= 4 is 11.6 Å². The molecule has 0 fully saturated rings. The number of ether oxygens (including phenoxy) is 1. The van der Waals surface area contributed by atoms with Gasteiger partial charge >= 0.3 is 12.8 Å². The van der Waals surface area contributed by atoms with Gasteiger partial charge in [0.2, 0.25) is 0 Å². The number of hydrogen-bond acceptors (Lipinski definition) is 1. The summed E-state index contributed by atoms with van der Waals surface area (Å²) in [5.41, 5.74) is -1.40. The van der Waals surface area contributed by atoms with Crippen LogP contribution in [0.2, 0.25) is 5.02 Å². The fourth-order valence-electron chi connectivity index (χ4n) is 0.974. The van der Waals surface area contributed by atoms with Crippen LogP contribution in [0.1, 0.15) is 5.56 Å². The molecule has 15 heavy (non-hydrogen) atoms. The minimum absolute atomic E-state index is 0.680. The van der Waals surface area contributed by atoms with Gasteiger partial charge in [0.1, 0.15) is 11.3 Å². The van der Waals surface area contributed by atoms with Crippen molar-refractivity contribution in [2.75, 3.05) is 0 Å². The zero-order chi connectivity index (χ0) is 11.6. The Hall–Kier alpha value is -1.04. The molecule has 1 nitrogen and oxygen atoms in total. The summed E-state index contributed by atoms with van der Waals surface area (Å²) in [6.07, 6.45) is -4.83. The fourth-order valence-corrected chi connectivity index (χ4v) is 1.25. The first kappa shape index (κ1) is 12.0. The first-order chi connectivity index (χ1) is 6.82. The number of hydrogen-bond donors (Lipinski definition) is 0. The minimum atomic E-state index is -4.83. The third-order valence-electron chi connectivity index (χ3n) is 1.47. The highest BCUT2D eigenvalue weighted by Crippen LogP contribution is 2.41. The lowest BCUT2D eigenvalue weighted by Gasteiger charge is -2.14. The van der Waals surface area contributed by atoms with Crippen LogP contribution in [0.25, 0.3) is 0 Å². The standard InChI is InChI=1S/C8H4ClF5O/c9-4-2-1-3-5(15-7(10)11)6(4)8(12,13)14/h1-3,7H. The highest BCUT2D eigenvalue weighted by Gasteiger charge is 2.37. The van der Waals surface area contributed by atoms with Gasteiger partial charge < -0.3 is 4.74 Å². The van der Waals surface area contributed by atoms with Crippen LogP contribution in [0.5, 0.6) is 5.75 Å². The molecule has 0 aliphatic rings. The molecule has 7 heteroatoms. The summed E-state index contributed by atoms with van der Waals surface area (Å²) in [6.45, 7) is -3.33. The summed E-state index contributed by atoms with van der Waals surface area (Å²) in [4.78, 5) is 0. The van der Waals surface area contributed by atoms with E-state index >= 15 is 0 Å². The van der Waals surface area contributed by atoms with E-state index in [-0.39, 0.29) is 0 Å². The minimum Gasteiger partial charge on any atom is -0.434 e. The van der Waals surface area contributed by atoms with E-state index in [1.54, 1.807) is 0 Å². The van der Waals surface area contributed by atoms with E-state index in [0.29, 0.717) is 0 Å². The molecule has 0 heterocycles. The molecule has 0 aliphatic heterocycles. The Labute approximate surface area is 86.4 Å². The van der Waals surface area contributed by atoms with Gasteiger partial charge in [0.15, 0.2) is 0 Å². The zero-order valence-electron chi connectivity index (χ0n) is 6.99.